The second kappa shape index (κ2) is 5.54. The van der Waals surface area contributed by atoms with Gasteiger partial charge in [0.1, 0.15) is 17.8 Å². The van der Waals surface area contributed by atoms with Crippen LogP contribution >= 0.6 is 0 Å². The van der Waals surface area contributed by atoms with Gasteiger partial charge in [0.2, 0.25) is 0 Å². The van der Waals surface area contributed by atoms with Crippen molar-refractivity contribution in [3.63, 3.8) is 0 Å². The van der Waals surface area contributed by atoms with Gasteiger partial charge in [0.25, 0.3) is 5.56 Å². The second-order valence-corrected chi connectivity index (χ2v) is 5.26. The fraction of sp³-hybridized carbons (Fsp3) is 0.583. The van der Waals surface area contributed by atoms with Gasteiger partial charge >= 0.3 is 11.7 Å². The lowest BCUT2D eigenvalue weighted by Crippen LogP contribution is -2.66. The number of aromatic carboxylic acids is 1. The summed E-state index contributed by atoms with van der Waals surface area (Å²) in [5, 5.41) is 41.4. The fourth-order valence-corrected chi connectivity index (χ4v) is 2.69. The Morgan fingerprint density at radius 1 is 1.52 bits per heavy atom. The third-order valence-corrected chi connectivity index (χ3v) is 4.06. The number of carbonyl (C=O) groups is 1. The van der Waals surface area contributed by atoms with E-state index < -0.39 is 53.0 Å². The Morgan fingerprint density at radius 3 is 2.61 bits per heavy atom. The first kappa shape index (κ1) is 17.3. The number of carboxylic acids is 1. The molecule has 1 fully saturated rings. The molecule has 0 aliphatic carbocycles. The molecule has 0 unspecified atom stereocenters. The van der Waals surface area contributed by atoms with Crippen molar-refractivity contribution in [1.29, 1.82) is 0 Å². The van der Waals surface area contributed by atoms with Crippen molar-refractivity contribution in [3.05, 3.63) is 32.6 Å². The molecule has 0 aromatic carbocycles. The van der Waals surface area contributed by atoms with Crippen LogP contribution in [0.3, 0.4) is 0 Å². The molecule has 1 aromatic rings. The summed E-state index contributed by atoms with van der Waals surface area (Å²) in [4.78, 5) is 36.5. The van der Waals surface area contributed by atoms with E-state index in [9.17, 15) is 29.7 Å². The molecule has 11 heteroatoms. The molecule has 2 heterocycles. The molecular weight excluding hydrogens is 314 g/mol. The summed E-state index contributed by atoms with van der Waals surface area (Å²) in [7, 11) is 1.28. The van der Waals surface area contributed by atoms with Crippen LogP contribution in [0.1, 0.15) is 17.3 Å². The van der Waals surface area contributed by atoms with E-state index in [1.165, 1.54) is 14.0 Å². The largest absolute Gasteiger partial charge is 0.477 e. The minimum Gasteiger partial charge on any atom is -0.477 e. The fourth-order valence-electron chi connectivity index (χ4n) is 2.69. The van der Waals surface area contributed by atoms with Crippen LogP contribution < -0.4 is 16.6 Å². The maximum absolute atomic E-state index is 12.1. The third-order valence-electron chi connectivity index (χ3n) is 4.06. The number of nitrogens with zero attached hydrogens (tertiary/aromatic N) is 1. The van der Waals surface area contributed by atoms with Crippen molar-refractivity contribution in [2.24, 2.45) is 0 Å². The number of H-pyrrole nitrogens is 1. The van der Waals surface area contributed by atoms with Crippen molar-refractivity contribution in [2.45, 2.75) is 30.6 Å². The van der Waals surface area contributed by atoms with Crippen LogP contribution in [0, 0.1) is 0 Å². The van der Waals surface area contributed by atoms with E-state index in [1.807, 2.05) is 4.98 Å². The monoisotopic (exact) mass is 331 g/mol. The molecular formula is C12H17N3O8. The van der Waals surface area contributed by atoms with Crippen molar-refractivity contribution < 1.29 is 30.0 Å². The number of ether oxygens (including phenoxy) is 1. The number of aliphatic hydroxyl groups excluding tert-OH is 2. The van der Waals surface area contributed by atoms with Gasteiger partial charge in [-0.1, -0.05) is 0 Å². The van der Waals surface area contributed by atoms with E-state index in [0.29, 0.717) is 10.8 Å². The molecule has 6 N–H and O–H groups in total. The van der Waals surface area contributed by atoms with Crippen molar-refractivity contribution in [2.75, 3.05) is 13.7 Å². The lowest BCUT2D eigenvalue weighted by molar-refractivity contribution is -0.199. The zero-order chi connectivity index (χ0) is 17.6. The summed E-state index contributed by atoms with van der Waals surface area (Å²) in [6.45, 7) is 0.540. The van der Waals surface area contributed by atoms with Gasteiger partial charge in [-0.25, -0.2) is 9.59 Å². The van der Waals surface area contributed by atoms with Crippen LogP contribution in [0.4, 0.5) is 0 Å². The molecule has 128 valence electrons. The van der Waals surface area contributed by atoms with E-state index in [1.54, 1.807) is 0 Å². The third kappa shape index (κ3) is 2.29. The molecule has 0 spiro atoms. The van der Waals surface area contributed by atoms with E-state index in [-0.39, 0.29) is 0 Å². The van der Waals surface area contributed by atoms with Gasteiger partial charge in [-0.15, -0.1) is 0 Å². The Labute approximate surface area is 128 Å². The van der Waals surface area contributed by atoms with Gasteiger partial charge in [0, 0.05) is 6.20 Å². The number of aromatic amines is 1. The van der Waals surface area contributed by atoms with Crippen molar-refractivity contribution >= 4 is 5.97 Å². The van der Waals surface area contributed by atoms with Crippen LogP contribution in [0.15, 0.2) is 15.8 Å². The standard InChI is InChI=1S/C12H17N3O8/c1-11(12(22,13-2)7(17)6(4-16)23-11)15-3-5(9(19)20)8(18)14-10(15)21/h3,6-7,13,16-17,22H,4H2,1-2H3,(H,19,20)(H,14,18,21)/t6-,7-,11-,12-/m1/s1. The smallest absolute Gasteiger partial charge is 0.342 e. The number of hydrogen-bond acceptors (Lipinski definition) is 8. The maximum atomic E-state index is 12.1. The van der Waals surface area contributed by atoms with E-state index in [2.05, 4.69) is 5.32 Å². The lowest BCUT2D eigenvalue weighted by atomic mass is 9.95. The molecule has 11 nitrogen and oxygen atoms in total. The van der Waals surface area contributed by atoms with Gasteiger partial charge in [-0.3, -0.25) is 19.7 Å². The highest BCUT2D eigenvalue weighted by atomic mass is 16.6. The van der Waals surface area contributed by atoms with Gasteiger partial charge in [-0.2, -0.15) is 0 Å². The highest BCUT2D eigenvalue weighted by molar-refractivity contribution is 5.86. The van der Waals surface area contributed by atoms with E-state index in [0.717, 1.165) is 0 Å². The molecule has 0 radical (unpaired) electrons. The van der Waals surface area contributed by atoms with Crippen LogP contribution in [0.5, 0.6) is 0 Å². The maximum Gasteiger partial charge on any atom is 0.342 e. The molecule has 1 aromatic heterocycles. The average molecular weight is 331 g/mol. The summed E-state index contributed by atoms with van der Waals surface area (Å²) in [6.07, 6.45) is -2.17. The van der Waals surface area contributed by atoms with Crippen molar-refractivity contribution in [1.82, 2.24) is 14.9 Å². The molecule has 0 saturated carbocycles. The number of aliphatic hydroxyl groups is 3. The number of hydrogen-bond donors (Lipinski definition) is 6. The SMILES string of the molecule is CN[C@@]1(O)[C@H](O)[C@@H](CO)O[C@@]1(C)n1cc(C(=O)O)c(=O)[nH]c1=O. The van der Waals surface area contributed by atoms with E-state index >= 15 is 0 Å². The predicted octanol–water partition coefficient (Wildman–Crippen LogP) is -3.43. The first-order chi connectivity index (χ1) is 10.6. The summed E-state index contributed by atoms with van der Waals surface area (Å²) < 4.78 is 6.04. The van der Waals surface area contributed by atoms with Gasteiger partial charge in [-0.05, 0) is 14.0 Å². The Kier molecular flexibility index (Phi) is 4.17. The number of carboxylic acid groups (broad SMARTS) is 1. The minimum atomic E-state index is -2.24. The number of nitrogens with one attached hydrogen (secondary N) is 2. The molecule has 2 rings (SSSR count). The predicted molar refractivity (Wildman–Crippen MR) is 73.9 cm³/mol. The Morgan fingerprint density at radius 2 is 2.13 bits per heavy atom. The normalized spacial score (nSPS) is 33.8. The topological polar surface area (TPSA) is 174 Å². The molecule has 0 bridgehead atoms. The summed E-state index contributed by atoms with van der Waals surface area (Å²) >= 11 is 0. The van der Waals surface area contributed by atoms with Crippen molar-refractivity contribution in [3.8, 4) is 0 Å². The lowest BCUT2D eigenvalue weighted by Gasteiger charge is -2.39. The van der Waals surface area contributed by atoms with Crippen LogP contribution in [-0.4, -0.2) is 67.5 Å². The number of aromatic nitrogens is 2. The summed E-state index contributed by atoms with van der Waals surface area (Å²) in [5.41, 5.74) is -7.16. The molecule has 0 amide bonds. The quantitative estimate of drug-likeness (QED) is 0.307. The van der Waals surface area contributed by atoms with Crippen LogP contribution in [0.25, 0.3) is 0 Å². The molecule has 4 atom stereocenters. The zero-order valence-corrected chi connectivity index (χ0v) is 12.3. The number of likely N-dealkylation sites (N-methyl/N-ethyl adjacent to an activating group) is 1. The highest BCUT2D eigenvalue weighted by Gasteiger charge is 2.63. The second-order valence-electron chi connectivity index (χ2n) is 5.26. The molecule has 1 saturated heterocycles. The van der Waals surface area contributed by atoms with Gasteiger partial charge in [0.15, 0.2) is 11.4 Å². The summed E-state index contributed by atoms with van der Waals surface area (Å²) in [6, 6.07) is 0. The molecule has 23 heavy (non-hydrogen) atoms. The Bertz CT molecular complexity index is 743. The first-order valence-corrected chi connectivity index (χ1v) is 6.60. The van der Waals surface area contributed by atoms with Gasteiger partial charge in [0.05, 0.1) is 6.61 Å². The Hall–Kier alpha value is -2.05. The van der Waals surface area contributed by atoms with Gasteiger partial charge < -0.3 is 25.2 Å². The van der Waals surface area contributed by atoms with E-state index in [4.69, 9.17) is 9.84 Å². The highest BCUT2D eigenvalue weighted by Crippen LogP contribution is 2.40. The first-order valence-electron chi connectivity index (χ1n) is 6.60. The Balaban J connectivity index is 2.73. The van der Waals surface area contributed by atoms with Crippen LogP contribution in [0.2, 0.25) is 0 Å². The minimum absolute atomic E-state index is 0.646. The van der Waals surface area contributed by atoms with Crippen LogP contribution in [-0.2, 0) is 10.5 Å². The zero-order valence-electron chi connectivity index (χ0n) is 12.3. The number of rotatable bonds is 4. The molecule has 1 aliphatic heterocycles. The molecule has 1 aliphatic rings. The summed E-state index contributed by atoms with van der Waals surface area (Å²) in [5.74, 6) is -1.59. The average Bonchev–Trinajstić information content (AvgIpc) is 2.69.